The molecule has 0 spiro atoms. The Hall–Kier alpha value is -1.63. The number of carbonyl (C=O) groups excluding carboxylic acids is 1. The highest BCUT2D eigenvalue weighted by atomic mass is 16.5. The first-order valence-corrected chi connectivity index (χ1v) is 9.92. The molecule has 0 amide bonds. The minimum atomic E-state index is -0.744. The fraction of sp³-hybridized carbons (Fsp3) is 0.850. The zero-order chi connectivity index (χ0) is 20.0. The van der Waals surface area contributed by atoms with Gasteiger partial charge in [-0.2, -0.15) is 0 Å². The summed E-state index contributed by atoms with van der Waals surface area (Å²) in [6, 6.07) is 0. The number of carbonyl (C=O) groups is 3. The zero-order valence-corrected chi connectivity index (χ0v) is 16.1. The highest BCUT2D eigenvalue weighted by Crippen LogP contribution is 2.53. The van der Waals surface area contributed by atoms with Gasteiger partial charge in [-0.1, -0.05) is 13.8 Å². The largest absolute Gasteiger partial charge is 0.481 e. The van der Waals surface area contributed by atoms with E-state index in [-0.39, 0.29) is 41.8 Å². The summed E-state index contributed by atoms with van der Waals surface area (Å²) < 4.78 is 5.24. The van der Waals surface area contributed by atoms with Crippen LogP contribution >= 0.6 is 0 Å². The molecule has 4 bridgehead atoms. The average molecular weight is 382 g/mol. The van der Waals surface area contributed by atoms with Crippen LogP contribution in [0.1, 0.15) is 46.5 Å². The van der Waals surface area contributed by atoms with E-state index in [4.69, 9.17) is 14.9 Å². The Morgan fingerprint density at radius 1 is 0.815 bits per heavy atom. The molecular weight excluding hydrogens is 352 g/mol. The van der Waals surface area contributed by atoms with Crippen molar-refractivity contribution in [2.24, 2.45) is 47.3 Å². The van der Waals surface area contributed by atoms with Gasteiger partial charge in [0.25, 0.3) is 0 Å². The number of aliphatic hydroxyl groups excluding tert-OH is 1. The number of carboxylic acid groups (broad SMARTS) is 2. The number of hydrogen-bond acceptors (Lipinski definition) is 5. The van der Waals surface area contributed by atoms with E-state index in [0.717, 1.165) is 25.7 Å². The average Bonchev–Trinajstić information content (AvgIpc) is 3.32. The van der Waals surface area contributed by atoms with E-state index in [1.807, 2.05) is 6.92 Å². The highest BCUT2D eigenvalue weighted by Gasteiger charge is 2.55. The van der Waals surface area contributed by atoms with Gasteiger partial charge in [0, 0.05) is 12.8 Å². The van der Waals surface area contributed by atoms with Gasteiger partial charge in [-0.05, 0) is 55.3 Å². The molecule has 3 N–H and O–H groups in total. The highest BCUT2D eigenvalue weighted by molar-refractivity contribution is 5.72. The molecule has 152 valence electrons. The van der Waals surface area contributed by atoms with Crippen molar-refractivity contribution in [1.29, 1.82) is 0 Å². The standard InChI is InChI=1S/C11H16O4.C9H14O3/c1-5-7-3-8(9(4-7)11(13)14)10(5)15-6(2)12;1-4-5-2-6(8(4)10)7(3-5)9(11)12/h5,7-10H,3-4H2,1-2H3,(H,13,14);4-8,10H,2-3H2,1H3,(H,11,12)/t5-,7+,8?,9?,10?;4-,5+,6?,7?,8?/m11/s1. The van der Waals surface area contributed by atoms with Crippen LogP contribution in [0.25, 0.3) is 0 Å². The van der Waals surface area contributed by atoms with Gasteiger partial charge in [-0.25, -0.2) is 0 Å². The van der Waals surface area contributed by atoms with Crippen LogP contribution in [-0.4, -0.2) is 45.4 Å². The molecule has 0 aliphatic heterocycles. The summed E-state index contributed by atoms with van der Waals surface area (Å²) >= 11 is 0. The SMILES string of the molecule is CC(=O)OC1C2C[C@@H](CC2C(=O)O)[C@H]1C.C[C@H]1C(O)C2C[C@H]1CC2C(=O)O. The monoisotopic (exact) mass is 382 g/mol. The van der Waals surface area contributed by atoms with Crippen LogP contribution in [0.3, 0.4) is 0 Å². The van der Waals surface area contributed by atoms with Crippen molar-refractivity contribution in [3.8, 4) is 0 Å². The zero-order valence-electron chi connectivity index (χ0n) is 16.1. The molecule has 7 nitrogen and oxygen atoms in total. The van der Waals surface area contributed by atoms with Crippen molar-refractivity contribution >= 4 is 17.9 Å². The summed E-state index contributed by atoms with van der Waals surface area (Å²) in [6.45, 7) is 5.46. The number of carboxylic acids is 2. The van der Waals surface area contributed by atoms with E-state index in [0.29, 0.717) is 23.7 Å². The number of esters is 1. The number of hydrogen-bond donors (Lipinski definition) is 3. The molecule has 0 aromatic rings. The molecule has 6 unspecified atom stereocenters. The van der Waals surface area contributed by atoms with Gasteiger partial charge in [0.1, 0.15) is 6.10 Å². The van der Waals surface area contributed by atoms with E-state index >= 15 is 0 Å². The molecule has 4 saturated carbocycles. The lowest BCUT2D eigenvalue weighted by atomic mass is 9.81. The van der Waals surface area contributed by atoms with Gasteiger partial charge in [0.15, 0.2) is 0 Å². The Labute approximate surface area is 159 Å². The molecule has 4 fully saturated rings. The van der Waals surface area contributed by atoms with E-state index < -0.39 is 11.9 Å². The fourth-order valence-corrected chi connectivity index (χ4v) is 6.10. The number of rotatable bonds is 3. The van der Waals surface area contributed by atoms with Crippen LogP contribution in [-0.2, 0) is 19.1 Å². The van der Waals surface area contributed by atoms with E-state index in [2.05, 4.69) is 6.92 Å². The third-order valence-electron chi connectivity index (χ3n) is 7.64. The van der Waals surface area contributed by atoms with Crippen LogP contribution in [0.4, 0.5) is 0 Å². The van der Waals surface area contributed by atoms with Gasteiger partial charge in [0.05, 0.1) is 17.9 Å². The van der Waals surface area contributed by atoms with Crippen LogP contribution in [0, 0.1) is 47.3 Å². The Morgan fingerprint density at radius 3 is 1.70 bits per heavy atom. The molecule has 4 aliphatic rings. The Balaban J connectivity index is 0.000000159. The number of ether oxygens (including phenoxy) is 1. The lowest BCUT2D eigenvalue weighted by Gasteiger charge is -2.31. The van der Waals surface area contributed by atoms with Crippen molar-refractivity contribution in [3.63, 3.8) is 0 Å². The summed E-state index contributed by atoms with van der Waals surface area (Å²) in [7, 11) is 0. The Morgan fingerprint density at radius 2 is 1.30 bits per heavy atom. The normalized spacial score (nSPS) is 46.7. The maximum Gasteiger partial charge on any atom is 0.306 e. The molecule has 0 heterocycles. The number of aliphatic carboxylic acids is 2. The topological polar surface area (TPSA) is 121 Å². The second kappa shape index (κ2) is 7.41. The Bertz CT molecular complexity index is 615. The summed E-state index contributed by atoms with van der Waals surface area (Å²) in [4.78, 5) is 32.6. The lowest BCUT2D eigenvalue weighted by Crippen LogP contribution is -2.37. The van der Waals surface area contributed by atoms with Crippen molar-refractivity contribution < 1.29 is 34.4 Å². The Kier molecular flexibility index (Phi) is 5.52. The van der Waals surface area contributed by atoms with E-state index in [9.17, 15) is 19.5 Å². The first-order valence-electron chi connectivity index (χ1n) is 9.92. The second-order valence-corrected chi connectivity index (χ2v) is 8.96. The fourth-order valence-electron chi connectivity index (χ4n) is 6.10. The van der Waals surface area contributed by atoms with Gasteiger partial charge < -0.3 is 20.1 Å². The van der Waals surface area contributed by atoms with Crippen molar-refractivity contribution in [2.75, 3.05) is 0 Å². The minimum absolute atomic E-state index is 0.0301. The van der Waals surface area contributed by atoms with Crippen LogP contribution in [0.5, 0.6) is 0 Å². The van der Waals surface area contributed by atoms with Crippen molar-refractivity contribution in [2.45, 2.75) is 58.7 Å². The van der Waals surface area contributed by atoms with Crippen molar-refractivity contribution in [3.05, 3.63) is 0 Å². The predicted octanol–water partition coefficient (Wildman–Crippen LogP) is 2.02. The molecule has 27 heavy (non-hydrogen) atoms. The second-order valence-electron chi connectivity index (χ2n) is 8.96. The van der Waals surface area contributed by atoms with Crippen molar-refractivity contribution in [1.82, 2.24) is 0 Å². The summed E-state index contributed by atoms with van der Waals surface area (Å²) in [6.07, 6.45) is 2.79. The smallest absolute Gasteiger partial charge is 0.306 e. The molecule has 0 aromatic heterocycles. The first kappa shape index (κ1) is 20.1. The van der Waals surface area contributed by atoms with Gasteiger partial charge >= 0.3 is 17.9 Å². The molecular formula is C20H30O7. The van der Waals surface area contributed by atoms with Crippen LogP contribution in [0.15, 0.2) is 0 Å². The molecule has 4 aliphatic carbocycles. The van der Waals surface area contributed by atoms with Gasteiger partial charge in [-0.15, -0.1) is 0 Å². The summed E-state index contributed by atoms with van der Waals surface area (Å²) in [5.41, 5.74) is 0. The predicted molar refractivity (Wildman–Crippen MR) is 94.6 cm³/mol. The summed E-state index contributed by atoms with van der Waals surface area (Å²) in [5, 5.41) is 27.5. The van der Waals surface area contributed by atoms with E-state index in [1.54, 1.807) is 0 Å². The van der Waals surface area contributed by atoms with Gasteiger partial charge in [-0.3, -0.25) is 14.4 Å². The third kappa shape index (κ3) is 3.58. The maximum atomic E-state index is 11.0. The molecule has 0 aromatic carbocycles. The number of fused-ring (bicyclic) bond motifs is 4. The molecule has 0 radical (unpaired) electrons. The quantitative estimate of drug-likeness (QED) is 0.638. The van der Waals surface area contributed by atoms with Crippen LogP contribution < -0.4 is 0 Å². The minimum Gasteiger partial charge on any atom is -0.481 e. The third-order valence-corrected chi connectivity index (χ3v) is 7.64. The summed E-state index contributed by atoms with van der Waals surface area (Å²) in [5.74, 6) is -0.805. The van der Waals surface area contributed by atoms with E-state index in [1.165, 1.54) is 6.92 Å². The molecule has 7 heteroatoms. The lowest BCUT2D eigenvalue weighted by molar-refractivity contribution is -0.159. The van der Waals surface area contributed by atoms with Gasteiger partial charge in [0.2, 0.25) is 0 Å². The maximum absolute atomic E-state index is 11.0. The molecule has 10 atom stereocenters. The van der Waals surface area contributed by atoms with Crippen LogP contribution in [0.2, 0.25) is 0 Å². The molecule has 0 saturated heterocycles. The molecule has 4 rings (SSSR count). The number of aliphatic hydroxyl groups is 1. The first-order chi connectivity index (χ1) is 12.6.